The molecule has 0 saturated heterocycles. The third-order valence-electron chi connectivity index (χ3n) is 3.09. The van der Waals surface area contributed by atoms with Gasteiger partial charge < -0.3 is 14.8 Å². The maximum Gasteiger partial charge on any atom is 0.165 e. The molecule has 1 aromatic heterocycles. The molecule has 1 heterocycles. The molecule has 106 valence electrons. The van der Waals surface area contributed by atoms with E-state index in [-0.39, 0.29) is 11.8 Å². The lowest BCUT2D eigenvalue weighted by atomic mass is 10.0. The second kappa shape index (κ2) is 6.34. The second-order valence-electron chi connectivity index (χ2n) is 4.21. The van der Waals surface area contributed by atoms with Crippen LogP contribution in [-0.4, -0.2) is 26.3 Å². The summed E-state index contributed by atoms with van der Waals surface area (Å²) in [6.45, 7) is 0. The van der Waals surface area contributed by atoms with Gasteiger partial charge in [0.25, 0.3) is 0 Å². The van der Waals surface area contributed by atoms with Crippen molar-refractivity contribution in [2.45, 2.75) is 6.04 Å². The van der Waals surface area contributed by atoms with Gasteiger partial charge in [-0.05, 0) is 36.9 Å². The van der Waals surface area contributed by atoms with E-state index >= 15 is 0 Å². The Kier molecular flexibility index (Phi) is 4.53. The minimum atomic E-state index is -0.403. The smallest absolute Gasteiger partial charge is 0.165 e. The Bertz CT molecular complexity index is 590. The van der Waals surface area contributed by atoms with Gasteiger partial charge in [0.15, 0.2) is 11.6 Å². The fraction of sp³-hybridized carbons (Fsp3) is 0.267. The largest absolute Gasteiger partial charge is 0.495 e. The van der Waals surface area contributed by atoms with Crippen LogP contribution in [0.5, 0.6) is 11.5 Å². The van der Waals surface area contributed by atoms with E-state index in [2.05, 4.69) is 10.3 Å². The van der Waals surface area contributed by atoms with Gasteiger partial charge in [0.1, 0.15) is 11.4 Å². The fourth-order valence-electron chi connectivity index (χ4n) is 2.12. The lowest BCUT2D eigenvalue weighted by molar-refractivity contribution is 0.385. The van der Waals surface area contributed by atoms with Crippen molar-refractivity contribution < 1.29 is 13.9 Å². The molecule has 20 heavy (non-hydrogen) atoms. The third-order valence-corrected chi connectivity index (χ3v) is 3.09. The summed E-state index contributed by atoms with van der Waals surface area (Å²) >= 11 is 0. The summed E-state index contributed by atoms with van der Waals surface area (Å²) < 4.78 is 24.1. The number of methoxy groups -OCH3 is 2. The molecule has 0 spiro atoms. The maximum absolute atomic E-state index is 13.8. The maximum atomic E-state index is 13.8. The summed E-state index contributed by atoms with van der Waals surface area (Å²) in [5, 5.41) is 3.12. The van der Waals surface area contributed by atoms with Crippen molar-refractivity contribution in [3.05, 3.63) is 53.6 Å². The van der Waals surface area contributed by atoms with E-state index in [0.29, 0.717) is 11.4 Å². The molecule has 0 aliphatic carbocycles. The van der Waals surface area contributed by atoms with Gasteiger partial charge in [-0.1, -0.05) is 6.07 Å². The Hall–Kier alpha value is -2.14. The van der Waals surface area contributed by atoms with E-state index in [1.54, 1.807) is 38.6 Å². The molecular formula is C15H17FN2O2. The first-order chi connectivity index (χ1) is 9.71. The third kappa shape index (κ3) is 2.72. The normalized spacial score (nSPS) is 12.0. The zero-order valence-corrected chi connectivity index (χ0v) is 11.7. The van der Waals surface area contributed by atoms with Crippen LogP contribution in [0, 0.1) is 5.82 Å². The van der Waals surface area contributed by atoms with E-state index in [9.17, 15) is 4.39 Å². The Balaban J connectivity index is 2.44. The number of pyridine rings is 1. The van der Waals surface area contributed by atoms with Crippen LogP contribution < -0.4 is 14.8 Å². The van der Waals surface area contributed by atoms with Crippen LogP contribution in [-0.2, 0) is 0 Å². The number of nitrogens with zero attached hydrogens (tertiary/aromatic N) is 1. The van der Waals surface area contributed by atoms with Gasteiger partial charge in [0.05, 0.1) is 20.3 Å². The molecule has 0 radical (unpaired) electrons. The average Bonchev–Trinajstić information content (AvgIpc) is 2.49. The Morgan fingerprint density at radius 1 is 1.15 bits per heavy atom. The van der Waals surface area contributed by atoms with Crippen LogP contribution in [0.25, 0.3) is 0 Å². The topological polar surface area (TPSA) is 43.4 Å². The van der Waals surface area contributed by atoms with Crippen LogP contribution in [0.3, 0.4) is 0 Å². The highest BCUT2D eigenvalue weighted by Crippen LogP contribution is 2.29. The van der Waals surface area contributed by atoms with Crippen molar-refractivity contribution in [3.8, 4) is 11.5 Å². The van der Waals surface area contributed by atoms with Gasteiger partial charge in [-0.2, -0.15) is 0 Å². The summed E-state index contributed by atoms with van der Waals surface area (Å²) in [5.41, 5.74) is 1.46. The molecule has 1 atom stereocenters. The van der Waals surface area contributed by atoms with Crippen LogP contribution >= 0.6 is 0 Å². The molecule has 5 heteroatoms. The van der Waals surface area contributed by atoms with Crippen LogP contribution in [0.2, 0.25) is 0 Å². The first-order valence-electron chi connectivity index (χ1n) is 6.20. The molecule has 2 aromatic rings. The molecule has 0 bridgehead atoms. The van der Waals surface area contributed by atoms with E-state index in [0.717, 1.165) is 5.56 Å². The van der Waals surface area contributed by atoms with Gasteiger partial charge in [-0.3, -0.25) is 4.98 Å². The lowest BCUT2D eigenvalue weighted by Crippen LogP contribution is -2.20. The number of benzene rings is 1. The molecule has 0 saturated carbocycles. The average molecular weight is 276 g/mol. The molecule has 2 rings (SSSR count). The van der Waals surface area contributed by atoms with Gasteiger partial charge in [-0.25, -0.2) is 4.39 Å². The number of nitrogens with one attached hydrogen (secondary N) is 1. The summed E-state index contributed by atoms with van der Waals surface area (Å²) in [6, 6.07) is 8.21. The monoisotopic (exact) mass is 276 g/mol. The van der Waals surface area contributed by atoms with E-state index < -0.39 is 5.82 Å². The zero-order chi connectivity index (χ0) is 14.5. The van der Waals surface area contributed by atoms with Gasteiger partial charge in [0.2, 0.25) is 0 Å². The number of hydrogen-bond donors (Lipinski definition) is 1. The number of halogens is 1. The quantitative estimate of drug-likeness (QED) is 0.911. The molecule has 4 nitrogen and oxygen atoms in total. The van der Waals surface area contributed by atoms with E-state index in [1.165, 1.54) is 13.2 Å². The molecule has 0 aliphatic rings. The van der Waals surface area contributed by atoms with Crippen molar-refractivity contribution in [2.75, 3.05) is 21.3 Å². The number of aromatic nitrogens is 1. The standard InChI is InChI=1S/C15H17FN2O2/c1-17-14(15-13(20-3)5-4-8-18-15)10-6-7-12(19-2)11(16)9-10/h4-9,14,17H,1-3H3. The van der Waals surface area contributed by atoms with E-state index in [4.69, 9.17) is 9.47 Å². The van der Waals surface area contributed by atoms with Crippen LogP contribution in [0.4, 0.5) is 4.39 Å². The second-order valence-corrected chi connectivity index (χ2v) is 4.21. The lowest BCUT2D eigenvalue weighted by Gasteiger charge is -2.19. The highest BCUT2D eigenvalue weighted by atomic mass is 19.1. The number of hydrogen-bond acceptors (Lipinski definition) is 4. The minimum absolute atomic E-state index is 0.219. The minimum Gasteiger partial charge on any atom is -0.495 e. The Morgan fingerprint density at radius 2 is 1.90 bits per heavy atom. The number of ether oxygens (including phenoxy) is 2. The first kappa shape index (κ1) is 14.3. The zero-order valence-electron chi connectivity index (χ0n) is 11.7. The summed E-state index contributed by atoms with van der Waals surface area (Å²) in [4.78, 5) is 4.33. The van der Waals surface area contributed by atoms with E-state index in [1.807, 2.05) is 6.07 Å². The Labute approximate surface area is 117 Å². The predicted molar refractivity (Wildman–Crippen MR) is 74.6 cm³/mol. The van der Waals surface area contributed by atoms with Gasteiger partial charge >= 0.3 is 0 Å². The van der Waals surface area contributed by atoms with Crippen molar-refractivity contribution in [2.24, 2.45) is 0 Å². The molecule has 1 N–H and O–H groups in total. The fourth-order valence-corrected chi connectivity index (χ4v) is 2.12. The van der Waals surface area contributed by atoms with Gasteiger partial charge in [-0.15, -0.1) is 0 Å². The van der Waals surface area contributed by atoms with Crippen LogP contribution in [0.1, 0.15) is 17.3 Å². The molecule has 0 fully saturated rings. The number of rotatable bonds is 5. The van der Waals surface area contributed by atoms with Crippen molar-refractivity contribution in [1.82, 2.24) is 10.3 Å². The summed E-state index contributed by atoms with van der Waals surface area (Å²) in [7, 11) is 4.82. The van der Waals surface area contributed by atoms with Gasteiger partial charge in [0, 0.05) is 6.20 Å². The molecule has 0 aliphatic heterocycles. The molecule has 0 amide bonds. The SMILES string of the molecule is CNC(c1ccc(OC)c(F)c1)c1ncccc1OC. The van der Waals surface area contributed by atoms with Crippen molar-refractivity contribution in [1.29, 1.82) is 0 Å². The highest BCUT2D eigenvalue weighted by Gasteiger charge is 2.19. The van der Waals surface area contributed by atoms with Crippen molar-refractivity contribution >= 4 is 0 Å². The predicted octanol–water partition coefficient (Wildman–Crippen LogP) is 2.55. The summed E-state index contributed by atoms with van der Waals surface area (Å²) in [5.74, 6) is 0.472. The van der Waals surface area contributed by atoms with Crippen LogP contribution in [0.15, 0.2) is 36.5 Å². The molecular weight excluding hydrogens is 259 g/mol. The Morgan fingerprint density at radius 3 is 2.50 bits per heavy atom. The van der Waals surface area contributed by atoms with Crippen molar-refractivity contribution in [3.63, 3.8) is 0 Å². The molecule has 1 aromatic carbocycles. The highest BCUT2D eigenvalue weighted by molar-refractivity contribution is 5.39. The molecule has 1 unspecified atom stereocenters. The summed E-state index contributed by atoms with van der Waals surface area (Å²) in [6.07, 6.45) is 1.68. The first-order valence-corrected chi connectivity index (χ1v) is 6.20.